The van der Waals surface area contributed by atoms with E-state index in [0.717, 1.165) is 5.33 Å². The lowest BCUT2D eigenvalue weighted by molar-refractivity contribution is 1.20. The van der Waals surface area contributed by atoms with E-state index in [1.54, 1.807) is 24.8 Å². The second kappa shape index (κ2) is 7.21. The molecule has 72 valence electrons. The standard InChI is InChI=1S/C7H7Br.C4H4N2/c8-6-7-4-2-1-3-5-7;1-2-6-4-3-5-1/h1-5H,6H2;1-4H. The van der Waals surface area contributed by atoms with E-state index < -0.39 is 0 Å². The number of rotatable bonds is 1. The first-order chi connectivity index (χ1) is 6.93. The molecule has 0 aliphatic carbocycles. The highest BCUT2D eigenvalue weighted by molar-refractivity contribution is 9.08. The van der Waals surface area contributed by atoms with Crippen molar-refractivity contribution in [1.29, 1.82) is 0 Å². The fraction of sp³-hybridized carbons (Fsp3) is 0.0909. The maximum Gasteiger partial charge on any atom is 0.0451 e. The Morgan fingerprint density at radius 1 is 0.857 bits per heavy atom. The van der Waals surface area contributed by atoms with E-state index in [1.165, 1.54) is 5.56 Å². The summed E-state index contributed by atoms with van der Waals surface area (Å²) in [6, 6.07) is 10.3. The van der Waals surface area contributed by atoms with Crippen LogP contribution in [0.2, 0.25) is 0 Å². The molecule has 0 spiro atoms. The molecule has 0 aliphatic heterocycles. The van der Waals surface area contributed by atoms with Gasteiger partial charge in [0.15, 0.2) is 0 Å². The minimum Gasteiger partial charge on any atom is -0.262 e. The van der Waals surface area contributed by atoms with E-state index >= 15 is 0 Å². The first-order valence-corrected chi connectivity index (χ1v) is 5.35. The SMILES string of the molecule is BrCc1ccccc1.c1cnccn1. The lowest BCUT2D eigenvalue weighted by atomic mass is 10.2. The summed E-state index contributed by atoms with van der Waals surface area (Å²) in [5.74, 6) is 0. The first kappa shape index (κ1) is 10.9. The summed E-state index contributed by atoms with van der Waals surface area (Å²) >= 11 is 3.36. The third-order valence-electron chi connectivity index (χ3n) is 1.47. The Kier molecular flexibility index (Phi) is 5.59. The Bertz CT molecular complexity index is 297. The van der Waals surface area contributed by atoms with Crippen molar-refractivity contribution in [3.05, 3.63) is 60.7 Å². The van der Waals surface area contributed by atoms with Gasteiger partial charge < -0.3 is 0 Å². The molecule has 3 heteroatoms. The van der Waals surface area contributed by atoms with E-state index in [-0.39, 0.29) is 0 Å². The van der Waals surface area contributed by atoms with E-state index in [1.807, 2.05) is 18.2 Å². The monoisotopic (exact) mass is 250 g/mol. The highest BCUT2D eigenvalue weighted by atomic mass is 79.9. The van der Waals surface area contributed by atoms with Crippen LogP contribution in [0.15, 0.2) is 55.1 Å². The smallest absolute Gasteiger partial charge is 0.0451 e. The number of benzene rings is 1. The molecule has 0 atom stereocenters. The van der Waals surface area contributed by atoms with Gasteiger partial charge in [0, 0.05) is 30.1 Å². The number of aromatic nitrogens is 2. The molecule has 1 aromatic heterocycles. The van der Waals surface area contributed by atoms with Crippen molar-refractivity contribution < 1.29 is 0 Å². The molecule has 0 saturated heterocycles. The minimum atomic E-state index is 0.952. The molecule has 2 rings (SSSR count). The van der Waals surface area contributed by atoms with Gasteiger partial charge in [0.2, 0.25) is 0 Å². The molecule has 0 aliphatic rings. The number of halogens is 1. The number of hydrogen-bond donors (Lipinski definition) is 0. The molecular formula is C11H11BrN2. The summed E-state index contributed by atoms with van der Waals surface area (Å²) in [4.78, 5) is 7.44. The van der Waals surface area contributed by atoms with Gasteiger partial charge in [-0.2, -0.15) is 0 Å². The zero-order valence-corrected chi connectivity index (χ0v) is 9.26. The molecular weight excluding hydrogens is 240 g/mol. The summed E-state index contributed by atoms with van der Waals surface area (Å²) in [5, 5.41) is 0.952. The highest BCUT2D eigenvalue weighted by Crippen LogP contribution is 2.02. The maximum absolute atomic E-state index is 3.72. The maximum atomic E-state index is 3.72. The van der Waals surface area contributed by atoms with Crippen LogP contribution in [-0.4, -0.2) is 9.97 Å². The van der Waals surface area contributed by atoms with Crippen molar-refractivity contribution in [1.82, 2.24) is 9.97 Å². The first-order valence-electron chi connectivity index (χ1n) is 4.23. The Morgan fingerprint density at radius 2 is 1.36 bits per heavy atom. The van der Waals surface area contributed by atoms with Gasteiger partial charge in [-0.25, -0.2) is 0 Å². The molecule has 0 radical (unpaired) electrons. The zero-order chi connectivity index (χ0) is 10.1. The van der Waals surface area contributed by atoms with Crippen LogP contribution in [0.4, 0.5) is 0 Å². The summed E-state index contributed by atoms with van der Waals surface area (Å²) in [7, 11) is 0. The third kappa shape index (κ3) is 4.72. The van der Waals surface area contributed by atoms with E-state index in [9.17, 15) is 0 Å². The van der Waals surface area contributed by atoms with Gasteiger partial charge in [-0.1, -0.05) is 46.3 Å². The quantitative estimate of drug-likeness (QED) is 0.728. The van der Waals surface area contributed by atoms with Crippen molar-refractivity contribution in [3.63, 3.8) is 0 Å². The number of alkyl halides is 1. The molecule has 1 aromatic carbocycles. The lowest BCUT2D eigenvalue weighted by Gasteiger charge is -1.88. The minimum absolute atomic E-state index is 0.952. The van der Waals surface area contributed by atoms with Gasteiger partial charge in [0.25, 0.3) is 0 Å². The molecule has 2 aromatic rings. The predicted molar refractivity (Wildman–Crippen MR) is 61.1 cm³/mol. The summed E-state index contributed by atoms with van der Waals surface area (Å²) in [6.07, 6.45) is 6.56. The van der Waals surface area contributed by atoms with E-state index in [2.05, 4.69) is 38.0 Å². The molecule has 2 nitrogen and oxygen atoms in total. The van der Waals surface area contributed by atoms with Gasteiger partial charge in [-0.05, 0) is 5.56 Å². The Hall–Kier alpha value is -1.22. The summed E-state index contributed by atoms with van der Waals surface area (Å²) < 4.78 is 0. The van der Waals surface area contributed by atoms with Crippen LogP contribution < -0.4 is 0 Å². The van der Waals surface area contributed by atoms with Crippen molar-refractivity contribution in [2.75, 3.05) is 0 Å². The largest absolute Gasteiger partial charge is 0.262 e. The van der Waals surface area contributed by atoms with Gasteiger partial charge >= 0.3 is 0 Å². The van der Waals surface area contributed by atoms with Crippen LogP contribution in [0.5, 0.6) is 0 Å². The van der Waals surface area contributed by atoms with Gasteiger partial charge in [0.1, 0.15) is 0 Å². The molecule has 0 bridgehead atoms. The molecule has 0 unspecified atom stereocenters. The second-order valence-corrected chi connectivity index (χ2v) is 3.07. The second-order valence-electron chi connectivity index (χ2n) is 2.51. The number of hydrogen-bond acceptors (Lipinski definition) is 2. The highest BCUT2D eigenvalue weighted by Gasteiger charge is 1.81. The summed E-state index contributed by atoms with van der Waals surface area (Å²) in [6.45, 7) is 0. The molecule has 0 N–H and O–H groups in total. The van der Waals surface area contributed by atoms with Gasteiger partial charge in [-0.3, -0.25) is 9.97 Å². The van der Waals surface area contributed by atoms with Crippen LogP contribution >= 0.6 is 15.9 Å². The summed E-state index contributed by atoms with van der Waals surface area (Å²) in [5.41, 5.74) is 1.33. The average Bonchev–Trinajstić information content (AvgIpc) is 2.33. The normalized spacial score (nSPS) is 8.64. The van der Waals surface area contributed by atoms with Gasteiger partial charge in [0.05, 0.1) is 0 Å². The fourth-order valence-corrected chi connectivity index (χ4v) is 1.19. The number of nitrogens with zero attached hydrogens (tertiary/aromatic N) is 2. The van der Waals surface area contributed by atoms with Gasteiger partial charge in [-0.15, -0.1) is 0 Å². The van der Waals surface area contributed by atoms with Crippen molar-refractivity contribution in [2.24, 2.45) is 0 Å². The Labute approximate surface area is 92.2 Å². The Balaban J connectivity index is 0.000000146. The topological polar surface area (TPSA) is 25.8 Å². The molecule has 14 heavy (non-hydrogen) atoms. The van der Waals surface area contributed by atoms with Crippen LogP contribution in [0.3, 0.4) is 0 Å². The Morgan fingerprint density at radius 3 is 1.64 bits per heavy atom. The van der Waals surface area contributed by atoms with Crippen LogP contribution in [0.25, 0.3) is 0 Å². The zero-order valence-electron chi connectivity index (χ0n) is 7.68. The van der Waals surface area contributed by atoms with Crippen molar-refractivity contribution in [2.45, 2.75) is 5.33 Å². The fourth-order valence-electron chi connectivity index (χ4n) is 0.820. The van der Waals surface area contributed by atoms with Crippen molar-refractivity contribution >= 4 is 15.9 Å². The van der Waals surface area contributed by atoms with E-state index in [4.69, 9.17) is 0 Å². The van der Waals surface area contributed by atoms with Crippen LogP contribution in [0, 0.1) is 0 Å². The molecule has 0 amide bonds. The lowest BCUT2D eigenvalue weighted by Crippen LogP contribution is -1.70. The average molecular weight is 251 g/mol. The molecule has 1 heterocycles. The van der Waals surface area contributed by atoms with Crippen LogP contribution in [0.1, 0.15) is 5.56 Å². The predicted octanol–water partition coefficient (Wildman–Crippen LogP) is 3.06. The van der Waals surface area contributed by atoms with Crippen LogP contribution in [-0.2, 0) is 5.33 Å². The molecule has 0 fully saturated rings. The van der Waals surface area contributed by atoms with E-state index in [0.29, 0.717) is 0 Å². The third-order valence-corrected chi connectivity index (χ3v) is 2.12. The molecule has 0 saturated carbocycles. The van der Waals surface area contributed by atoms with Crippen molar-refractivity contribution in [3.8, 4) is 0 Å².